The summed E-state index contributed by atoms with van der Waals surface area (Å²) < 4.78 is 0. The fourth-order valence-corrected chi connectivity index (χ4v) is 5.42. The molecule has 0 aliphatic carbocycles. The van der Waals surface area contributed by atoms with E-state index < -0.39 is 0 Å². The molecule has 0 amide bonds. The highest BCUT2D eigenvalue weighted by Crippen LogP contribution is 2.36. The van der Waals surface area contributed by atoms with E-state index in [0.29, 0.717) is 16.0 Å². The van der Waals surface area contributed by atoms with Crippen LogP contribution in [0.3, 0.4) is 0 Å². The van der Waals surface area contributed by atoms with Gasteiger partial charge in [0.15, 0.2) is 0 Å². The van der Waals surface area contributed by atoms with Gasteiger partial charge in [-0.05, 0) is 66.4 Å². The van der Waals surface area contributed by atoms with Gasteiger partial charge in [-0.15, -0.1) is 0 Å². The van der Waals surface area contributed by atoms with Crippen molar-refractivity contribution in [2.24, 2.45) is 0 Å². The van der Waals surface area contributed by atoms with Gasteiger partial charge in [-0.3, -0.25) is 9.88 Å². The summed E-state index contributed by atoms with van der Waals surface area (Å²) in [5.74, 6) is 0.379. The van der Waals surface area contributed by atoms with Gasteiger partial charge in [-0.25, -0.2) is 0 Å². The van der Waals surface area contributed by atoms with Gasteiger partial charge in [0.1, 0.15) is 0 Å². The molecule has 0 radical (unpaired) electrons. The smallest absolute Gasteiger partial charge is 0.0711 e. The number of nitrogens with one attached hydrogen (secondary N) is 1. The lowest BCUT2D eigenvalue weighted by molar-refractivity contribution is 0.242. The minimum atomic E-state index is 0.379. The van der Waals surface area contributed by atoms with E-state index in [1.165, 1.54) is 33.3 Å². The molecule has 0 bridgehead atoms. The topological polar surface area (TPSA) is 28.2 Å². The van der Waals surface area contributed by atoms with Crippen molar-refractivity contribution in [3.8, 4) is 11.1 Å². The number of halogens is 2. The molecule has 174 valence electrons. The van der Waals surface area contributed by atoms with Crippen LogP contribution in [0.1, 0.15) is 29.2 Å². The maximum Gasteiger partial charge on any atom is 0.0711 e. The largest absolute Gasteiger partial charge is 0.319 e. The van der Waals surface area contributed by atoms with Crippen LogP contribution in [-0.4, -0.2) is 36.6 Å². The third-order valence-electron chi connectivity index (χ3n) is 6.85. The molecule has 4 aromatic rings. The molecule has 0 saturated carbocycles. The Hall–Kier alpha value is -2.43. The highest BCUT2D eigenvalue weighted by Gasteiger charge is 2.24. The Morgan fingerprint density at radius 3 is 2.56 bits per heavy atom. The molecule has 34 heavy (non-hydrogen) atoms. The van der Waals surface area contributed by atoms with Gasteiger partial charge in [0.25, 0.3) is 0 Å². The number of aromatic nitrogens is 1. The maximum atomic E-state index is 6.32. The highest BCUT2D eigenvalue weighted by molar-refractivity contribution is 6.42. The number of pyridine rings is 1. The highest BCUT2D eigenvalue weighted by atomic mass is 35.5. The Kier molecular flexibility index (Phi) is 7.17. The average Bonchev–Trinajstić information content (AvgIpc) is 2.87. The maximum absolute atomic E-state index is 6.32. The zero-order valence-corrected chi connectivity index (χ0v) is 20.9. The van der Waals surface area contributed by atoms with Gasteiger partial charge in [-0.1, -0.05) is 77.8 Å². The monoisotopic (exact) mass is 489 g/mol. The lowest BCUT2D eigenvalue weighted by Gasteiger charge is -2.31. The van der Waals surface area contributed by atoms with Crippen LogP contribution in [0.25, 0.3) is 22.0 Å². The van der Waals surface area contributed by atoms with Gasteiger partial charge >= 0.3 is 0 Å². The first-order valence-corrected chi connectivity index (χ1v) is 12.7. The average molecular weight is 490 g/mol. The number of hydrogen-bond acceptors (Lipinski definition) is 3. The van der Waals surface area contributed by atoms with Crippen molar-refractivity contribution >= 4 is 34.1 Å². The van der Waals surface area contributed by atoms with Crippen LogP contribution in [0.15, 0.2) is 72.8 Å². The number of para-hydroxylation sites is 1. The van der Waals surface area contributed by atoms with Crippen LogP contribution in [0.2, 0.25) is 10.0 Å². The van der Waals surface area contributed by atoms with Gasteiger partial charge in [0, 0.05) is 37.1 Å². The number of likely N-dealkylation sites (N-methyl/N-ethyl adjacent to an activating group) is 1. The van der Waals surface area contributed by atoms with Crippen LogP contribution in [-0.2, 0) is 13.0 Å². The van der Waals surface area contributed by atoms with Crippen molar-refractivity contribution in [3.63, 3.8) is 0 Å². The van der Waals surface area contributed by atoms with E-state index in [1.54, 1.807) is 0 Å². The van der Waals surface area contributed by atoms with Crippen molar-refractivity contribution < 1.29 is 0 Å². The van der Waals surface area contributed by atoms with E-state index in [9.17, 15) is 0 Å². The Morgan fingerprint density at radius 1 is 0.971 bits per heavy atom. The molecular weight excluding hydrogens is 461 g/mol. The fourth-order valence-electron chi connectivity index (χ4n) is 5.11. The molecule has 1 aliphatic rings. The van der Waals surface area contributed by atoms with Crippen molar-refractivity contribution in [2.45, 2.75) is 25.3 Å². The van der Waals surface area contributed by atoms with Crippen molar-refractivity contribution in [1.82, 2.24) is 15.2 Å². The molecule has 5 heteroatoms. The molecule has 0 spiro atoms. The van der Waals surface area contributed by atoms with E-state index in [1.807, 2.05) is 19.2 Å². The van der Waals surface area contributed by atoms with E-state index in [4.69, 9.17) is 28.2 Å². The minimum Gasteiger partial charge on any atom is -0.319 e. The number of hydrogen-bond donors (Lipinski definition) is 1. The summed E-state index contributed by atoms with van der Waals surface area (Å²) in [6, 6.07) is 25.3. The summed E-state index contributed by atoms with van der Waals surface area (Å²) in [7, 11) is 2.00. The third kappa shape index (κ3) is 4.85. The van der Waals surface area contributed by atoms with Crippen LogP contribution in [0.5, 0.6) is 0 Å². The molecule has 3 nitrogen and oxygen atoms in total. The Labute approximate surface area is 211 Å². The first kappa shape index (κ1) is 23.3. The van der Waals surface area contributed by atoms with Crippen LogP contribution < -0.4 is 5.32 Å². The number of rotatable bonds is 7. The van der Waals surface area contributed by atoms with Gasteiger partial charge in [0.2, 0.25) is 0 Å². The molecular formula is C29H29Cl2N3. The first-order chi connectivity index (χ1) is 16.6. The van der Waals surface area contributed by atoms with Crippen molar-refractivity contribution in [3.05, 3.63) is 99.7 Å². The van der Waals surface area contributed by atoms with E-state index >= 15 is 0 Å². The van der Waals surface area contributed by atoms with Gasteiger partial charge < -0.3 is 5.32 Å². The molecule has 1 N–H and O–H groups in total. The summed E-state index contributed by atoms with van der Waals surface area (Å²) in [6.07, 6.45) is 2.03. The molecule has 1 aliphatic heterocycles. The molecule has 5 rings (SSSR count). The minimum absolute atomic E-state index is 0.379. The number of nitrogens with zero attached hydrogens (tertiary/aromatic N) is 2. The quantitative estimate of drug-likeness (QED) is 0.304. The third-order valence-corrected chi connectivity index (χ3v) is 7.59. The Bertz CT molecular complexity index is 1290. The number of fused-ring (bicyclic) bond motifs is 2. The Balaban J connectivity index is 1.42. The van der Waals surface area contributed by atoms with Crippen LogP contribution in [0.4, 0.5) is 0 Å². The van der Waals surface area contributed by atoms with Gasteiger partial charge in [0.05, 0.1) is 15.6 Å². The van der Waals surface area contributed by atoms with E-state index in [2.05, 4.69) is 70.9 Å². The first-order valence-electron chi connectivity index (χ1n) is 11.9. The normalized spacial score (nSPS) is 14.8. The second kappa shape index (κ2) is 10.5. The van der Waals surface area contributed by atoms with Gasteiger partial charge in [-0.2, -0.15) is 0 Å². The lowest BCUT2D eigenvalue weighted by Crippen LogP contribution is -2.34. The Morgan fingerprint density at radius 2 is 1.76 bits per heavy atom. The zero-order chi connectivity index (χ0) is 23.5. The van der Waals surface area contributed by atoms with E-state index in [-0.39, 0.29) is 0 Å². The summed E-state index contributed by atoms with van der Waals surface area (Å²) >= 11 is 12.5. The summed E-state index contributed by atoms with van der Waals surface area (Å²) in [5.41, 5.74) is 7.53. The molecule has 1 unspecified atom stereocenters. The standard InChI is InChI=1S/C29H29Cl2N3/c1-32-18-22(21-11-12-25(30)26(31)17-21)13-15-34-16-14-28-24(19-34)29(20-7-3-2-4-8-20)23-9-5-6-10-27(23)33-28/h2-12,17,22,32H,13-16,18-19H2,1H3. The van der Waals surface area contributed by atoms with Crippen LogP contribution >= 0.6 is 23.2 Å². The molecule has 2 heterocycles. The molecule has 0 saturated heterocycles. The van der Waals surface area contributed by atoms with E-state index in [0.717, 1.165) is 44.5 Å². The second-order valence-electron chi connectivity index (χ2n) is 9.04. The zero-order valence-electron chi connectivity index (χ0n) is 19.4. The van der Waals surface area contributed by atoms with Crippen molar-refractivity contribution in [2.75, 3.05) is 26.7 Å². The predicted octanol–water partition coefficient (Wildman–Crippen LogP) is 6.96. The lowest BCUT2D eigenvalue weighted by atomic mass is 9.90. The summed E-state index contributed by atoms with van der Waals surface area (Å²) in [4.78, 5) is 7.64. The van der Waals surface area contributed by atoms with Crippen molar-refractivity contribution in [1.29, 1.82) is 0 Å². The summed E-state index contributed by atoms with van der Waals surface area (Å²) in [6.45, 7) is 3.88. The molecule has 1 atom stereocenters. The van der Waals surface area contributed by atoms with Crippen LogP contribution in [0, 0.1) is 0 Å². The molecule has 3 aromatic carbocycles. The second-order valence-corrected chi connectivity index (χ2v) is 9.85. The predicted molar refractivity (Wildman–Crippen MR) is 144 cm³/mol. The SMILES string of the molecule is CNCC(CCN1CCc2nc3ccccc3c(-c3ccccc3)c2C1)c1ccc(Cl)c(Cl)c1. The fraction of sp³-hybridized carbons (Fsp3) is 0.276. The number of benzene rings is 3. The molecule has 1 aromatic heterocycles. The summed E-state index contributed by atoms with van der Waals surface area (Å²) in [5, 5.41) is 5.81. The molecule has 0 fully saturated rings.